The van der Waals surface area contributed by atoms with Crippen molar-refractivity contribution in [2.45, 2.75) is 89.2 Å². The van der Waals surface area contributed by atoms with Gasteiger partial charge in [0.1, 0.15) is 11.8 Å². The number of aryl methyl sites for hydroxylation is 1. The number of fused-ring (bicyclic) bond motifs is 2. The van der Waals surface area contributed by atoms with Crippen LogP contribution < -0.4 is 26.4 Å². The van der Waals surface area contributed by atoms with Gasteiger partial charge >= 0.3 is 5.69 Å². The second-order valence-electron chi connectivity index (χ2n) is 13.7. The van der Waals surface area contributed by atoms with E-state index in [0.717, 1.165) is 55.5 Å². The van der Waals surface area contributed by atoms with Crippen LogP contribution in [-0.2, 0) is 23.2 Å². The molecular formula is C34H43N7O5. The van der Waals surface area contributed by atoms with Crippen LogP contribution in [0, 0.1) is 0 Å². The predicted octanol–water partition coefficient (Wildman–Crippen LogP) is 2.77. The fourth-order valence-electron chi connectivity index (χ4n) is 7.92. The molecule has 3 fully saturated rings. The molecule has 12 heteroatoms. The summed E-state index contributed by atoms with van der Waals surface area (Å²) in [5.74, 6) is -0.0733. The number of imide groups is 1. The monoisotopic (exact) mass is 629 g/mol. The van der Waals surface area contributed by atoms with E-state index in [1.165, 1.54) is 0 Å². The molecule has 1 saturated carbocycles. The molecule has 3 aliphatic heterocycles. The van der Waals surface area contributed by atoms with Gasteiger partial charge in [-0.3, -0.25) is 33.7 Å². The van der Waals surface area contributed by atoms with E-state index in [2.05, 4.69) is 22.2 Å². The molecule has 244 valence electrons. The van der Waals surface area contributed by atoms with Crippen molar-refractivity contribution in [3.05, 3.63) is 51.9 Å². The zero-order valence-electron chi connectivity index (χ0n) is 27.0. The minimum atomic E-state index is -0.700. The van der Waals surface area contributed by atoms with Crippen molar-refractivity contribution in [1.82, 2.24) is 24.3 Å². The number of carbonyl (C=O) groups excluding carboxylic acids is 3. The Morgan fingerprint density at radius 1 is 1.00 bits per heavy atom. The molecule has 1 unspecified atom stereocenters. The van der Waals surface area contributed by atoms with E-state index < -0.39 is 11.9 Å². The molecule has 0 spiro atoms. The van der Waals surface area contributed by atoms with Crippen LogP contribution in [0.5, 0.6) is 5.75 Å². The van der Waals surface area contributed by atoms with E-state index in [-0.39, 0.29) is 36.1 Å². The summed E-state index contributed by atoms with van der Waals surface area (Å²) in [4.78, 5) is 57.9. The Balaban J connectivity index is 0.985. The zero-order chi connectivity index (χ0) is 32.4. The van der Waals surface area contributed by atoms with Gasteiger partial charge in [0.05, 0.1) is 28.5 Å². The van der Waals surface area contributed by atoms with Gasteiger partial charge in [-0.15, -0.1) is 0 Å². The van der Waals surface area contributed by atoms with Gasteiger partial charge < -0.3 is 20.3 Å². The molecule has 2 saturated heterocycles. The number of para-hydroxylation sites is 1. The topological polar surface area (TPSA) is 135 Å². The number of piperidine rings is 1. The summed E-state index contributed by atoms with van der Waals surface area (Å²) in [6, 6.07) is 9.90. The summed E-state index contributed by atoms with van der Waals surface area (Å²) in [6.07, 6.45) is 4.50. The number of nitrogens with two attached hydrogens (primary N) is 1. The lowest BCUT2D eigenvalue weighted by molar-refractivity contribution is -0.135. The van der Waals surface area contributed by atoms with Crippen molar-refractivity contribution in [2.24, 2.45) is 7.05 Å². The van der Waals surface area contributed by atoms with Crippen LogP contribution in [-0.4, -0.2) is 81.0 Å². The van der Waals surface area contributed by atoms with Gasteiger partial charge in [-0.1, -0.05) is 6.07 Å². The van der Waals surface area contributed by atoms with E-state index in [1.54, 1.807) is 16.2 Å². The van der Waals surface area contributed by atoms with E-state index in [4.69, 9.17) is 10.5 Å². The number of benzene rings is 2. The number of aromatic nitrogens is 2. The fraction of sp³-hybridized carbons (Fsp3) is 0.529. The summed E-state index contributed by atoms with van der Waals surface area (Å²) >= 11 is 0. The largest absolute Gasteiger partial charge is 0.489 e. The summed E-state index contributed by atoms with van der Waals surface area (Å²) in [5, 5.41) is 2.38. The van der Waals surface area contributed by atoms with Crippen LogP contribution in [0.15, 0.2) is 35.1 Å². The predicted molar refractivity (Wildman–Crippen MR) is 175 cm³/mol. The van der Waals surface area contributed by atoms with E-state index in [9.17, 15) is 19.2 Å². The molecular weight excluding hydrogens is 586 g/mol. The number of rotatable bonds is 7. The van der Waals surface area contributed by atoms with Crippen LogP contribution in [0.25, 0.3) is 11.0 Å². The highest BCUT2D eigenvalue weighted by molar-refractivity contribution is 6.01. The zero-order valence-corrected chi connectivity index (χ0v) is 27.0. The third-order valence-corrected chi connectivity index (χ3v) is 10.5. The summed E-state index contributed by atoms with van der Waals surface area (Å²) < 4.78 is 9.00. The lowest BCUT2D eigenvalue weighted by atomic mass is 9.88. The molecule has 1 aromatic heterocycles. The molecule has 1 aliphatic carbocycles. The average molecular weight is 630 g/mol. The van der Waals surface area contributed by atoms with E-state index in [1.807, 2.05) is 49.1 Å². The Hall–Kier alpha value is -4.32. The van der Waals surface area contributed by atoms with Crippen LogP contribution in [0.2, 0.25) is 0 Å². The molecule has 2 aromatic carbocycles. The van der Waals surface area contributed by atoms with Crippen molar-refractivity contribution in [1.29, 1.82) is 0 Å². The number of nitrogen functional groups attached to an aromatic ring is 1. The molecule has 3 N–H and O–H groups in total. The standard InChI is InChI=1S/C34H43N7O5/c1-19(2)46-29-15-24-20(14-25(29)35)16-40(33(24)44)22-10-8-21(9-11-22)37(3)23-17-39(18-23)26-6-5-7-27-31(26)38(4)34(45)41(27)28-12-13-30(42)36-32(28)43/h5-7,14-15,19,21-23,28H,8-13,16-18,35H2,1-4H3,(H,36,42,43)/t21-,22-,28?. The highest BCUT2D eigenvalue weighted by Crippen LogP contribution is 2.38. The molecule has 0 bridgehead atoms. The van der Waals surface area contributed by atoms with Gasteiger partial charge in [0, 0.05) is 56.8 Å². The van der Waals surface area contributed by atoms with Gasteiger partial charge in [0.15, 0.2) is 0 Å². The second-order valence-corrected chi connectivity index (χ2v) is 13.7. The molecule has 46 heavy (non-hydrogen) atoms. The maximum Gasteiger partial charge on any atom is 0.329 e. The third kappa shape index (κ3) is 5.03. The second kappa shape index (κ2) is 11.5. The number of nitrogens with zero attached hydrogens (tertiary/aromatic N) is 5. The molecule has 4 aliphatic rings. The molecule has 3 aromatic rings. The lowest BCUT2D eigenvalue weighted by Gasteiger charge is -2.49. The number of anilines is 2. The van der Waals surface area contributed by atoms with Gasteiger partial charge in [-0.25, -0.2) is 4.79 Å². The molecule has 12 nitrogen and oxygen atoms in total. The summed E-state index contributed by atoms with van der Waals surface area (Å²) in [7, 11) is 3.95. The quantitative estimate of drug-likeness (QED) is 0.301. The Bertz CT molecular complexity index is 1780. The van der Waals surface area contributed by atoms with Crippen LogP contribution >= 0.6 is 0 Å². The maximum absolute atomic E-state index is 13.4. The van der Waals surface area contributed by atoms with Crippen molar-refractivity contribution < 1.29 is 19.1 Å². The van der Waals surface area contributed by atoms with Crippen LogP contribution in [0.4, 0.5) is 11.4 Å². The van der Waals surface area contributed by atoms with Gasteiger partial charge in [-0.05, 0) is 82.8 Å². The summed E-state index contributed by atoms with van der Waals surface area (Å²) in [5.41, 5.74) is 10.7. The van der Waals surface area contributed by atoms with Crippen molar-refractivity contribution >= 4 is 40.1 Å². The van der Waals surface area contributed by atoms with E-state index >= 15 is 0 Å². The first-order chi connectivity index (χ1) is 22.0. The normalized spacial score (nSPS) is 23.8. The van der Waals surface area contributed by atoms with Gasteiger partial charge in [0.25, 0.3) is 5.91 Å². The number of amides is 3. The molecule has 4 heterocycles. The molecule has 0 radical (unpaired) electrons. The molecule has 7 rings (SSSR count). The third-order valence-electron chi connectivity index (χ3n) is 10.5. The first kappa shape index (κ1) is 30.3. The average Bonchev–Trinajstić information content (AvgIpc) is 3.45. The highest BCUT2D eigenvalue weighted by atomic mass is 16.5. The van der Waals surface area contributed by atoms with Gasteiger partial charge in [0.2, 0.25) is 11.8 Å². The maximum atomic E-state index is 13.4. The van der Waals surface area contributed by atoms with Crippen LogP contribution in [0.1, 0.15) is 74.3 Å². The van der Waals surface area contributed by atoms with Crippen molar-refractivity contribution in [2.75, 3.05) is 30.8 Å². The number of hydrogen-bond donors (Lipinski definition) is 2. The first-order valence-electron chi connectivity index (χ1n) is 16.4. The van der Waals surface area contributed by atoms with Crippen molar-refractivity contribution in [3.63, 3.8) is 0 Å². The SMILES string of the molecule is CC(C)Oc1cc2c(cc1N)CN([C@H]1CC[C@H](N(C)C3CN(c4cccc5c4n(C)c(=O)n5C4CCC(=O)NC4=O)C3)CC1)C2=O. The summed E-state index contributed by atoms with van der Waals surface area (Å²) in [6.45, 7) is 6.18. The van der Waals surface area contributed by atoms with E-state index in [0.29, 0.717) is 47.6 Å². The van der Waals surface area contributed by atoms with Crippen LogP contribution in [0.3, 0.4) is 0 Å². The molecule has 3 amide bonds. The minimum absolute atomic E-state index is 0.0163. The number of imidazole rings is 1. The number of ether oxygens (including phenoxy) is 1. The minimum Gasteiger partial charge on any atom is -0.489 e. The smallest absolute Gasteiger partial charge is 0.329 e. The van der Waals surface area contributed by atoms with Gasteiger partial charge in [-0.2, -0.15) is 0 Å². The number of carbonyl (C=O) groups is 3. The Labute approximate surface area is 268 Å². The Morgan fingerprint density at radius 2 is 1.74 bits per heavy atom. The number of likely N-dealkylation sites (N-methyl/N-ethyl adjacent to an activating group) is 1. The Kier molecular flexibility index (Phi) is 7.57. The first-order valence-corrected chi connectivity index (χ1v) is 16.4. The number of hydrogen-bond acceptors (Lipinski definition) is 8. The number of nitrogens with one attached hydrogen (secondary N) is 1. The molecule has 1 atom stereocenters. The Morgan fingerprint density at radius 3 is 2.43 bits per heavy atom. The van der Waals surface area contributed by atoms with Crippen molar-refractivity contribution in [3.8, 4) is 5.75 Å². The lowest BCUT2D eigenvalue weighted by Crippen LogP contribution is -2.61. The fourth-order valence-corrected chi connectivity index (χ4v) is 7.92. The highest BCUT2D eigenvalue weighted by Gasteiger charge is 2.40.